The van der Waals surface area contributed by atoms with Crippen molar-refractivity contribution in [3.05, 3.63) is 60.4 Å². The Morgan fingerprint density at radius 2 is 1.58 bits per heavy atom. The van der Waals surface area contributed by atoms with Crippen molar-refractivity contribution in [1.29, 1.82) is 0 Å². The van der Waals surface area contributed by atoms with Crippen molar-refractivity contribution in [2.45, 2.75) is 4.90 Å². The van der Waals surface area contributed by atoms with E-state index in [4.69, 9.17) is 4.74 Å². The smallest absolute Gasteiger partial charge is 0.260 e. The average Bonchev–Trinajstić information content (AvgIpc) is 2.67. The lowest BCUT2D eigenvalue weighted by atomic mass is 10.3. The zero-order valence-electron chi connectivity index (χ0n) is 14.0. The van der Waals surface area contributed by atoms with Crippen molar-refractivity contribution in [1.82, 2.24) is 9.21 Å². The van der Waals surface area contributed by atoms with Crippen LogP contribution in [0.25, 0.3) is 0 Å². The van der Waals surface area contributed by atoms with Crippen molar-refractivity contribution < 1.29 is 22.3 Å². The number of hydrogen-bond acceptors (Lipinski definition) is 4. The summed E-state index contributed by atoms with van der Waals surface area (Å²) in [5.74, 6) is -0.0659. The summed E-state index contributed by atoms with van der Waals surface area (Å²) in [6, 6.07) is 13.8. The minimum atomic E-state index is -3.69. The van der Waals surface area contributed by atoms with E-state index in [1.807, 2.05) is 18.2 Å². The Bertz CT molecular complexity index is 849. The average molecular weight is 378 g/mol. The first-order valence-electron chi connectivity index (χ1n) is 8.18. The van der Waals surface area contributed by atoms with Crippen molar-refractivity contribution in [3.8, 4) is 5.75 Å². The number of carbonyl (C=O) groups is 1. The fraction of sp³-hybridized carbons (Fsp3) is 0.278. The second kappa shape index (κ2) is 7.84. The van der Waals surface area contributed by atoms with E-state index in [1.165, 1.54) is 16.4 Å². The van der Waals surface area contributed by atoms with Gasteiger partial charge < -0.3 is 9.64 Å². The second-order valence-electron chi connectivity index (χ2n) is 5.84. The summed E-state index contributed by atoms with van der Waals surface area (Å²) in [4.78, 5) is 13.9. The SMILES string of the molecule is O=C(COc1ccccc1)N1CCN(S(=O)(=O)c2ccc(F)cc2)CC1. The molecule has 6 nitrogen and oxygen atoms in total. The molecule has 0 bridgehead atoms. The summed E-state index contributed by atoms with van der Waals surface area (Å²) in [5, 5.41) is 0. The van der Waals surface area contributed by atoms with Crippen LogP contribution in [0.5, 0.6) is 5.75 Å². The molecule has 0 aliphatic carbocycles. The van der Waals surface area contributed by atoms with Crippen LogP contribution in [0.2, 0.25) is 0 Å². The van der Waals surface area contributed by atoms with Crippen LogP contribution < -0.4 is 4.74 Å². The molecule has 0 saturated carbocycles. The molecule has 2 aromatic carbocycles. The van der Waals surface area contributed by atoms with Crippen LogP contribution in [0.1, 0.15) is 0 Å². The monoisotopic (exact) mass is 378 g/mol. The number of para-hydroxylation sites is 1. The van der Waals surface area contributed by atoms with E-state index in [0.717, 1.165) is 12.1 Å². The van der Waals surface area contributed by atoms with E-state index in [-0.39, 0.29) is 43.6 Å². The Hall–Kier alpha value is -2.45. The number of carbonyl (C=O) groups excluding carboxylic acids is 1. The molecular weight excluding hydrogens is 359 g/mol. The molecule has 3 rings (SSSR count). The first-order valence-corrected chi connectivity index (χ1v) is 9.62. The number of sulfonamides is 1. The van der Waals surface area contributed by atoms with Crippen LogP contribution in [0.4, 0.5) is 4.39 Å². The van der Waals surface area contributed by atoms with E-state index in [0.29, 0.717) is 5.75 Å². The molecule has 0 atom stereocenters. The summed E-state index contributed by atoms with van der Waals surface area (Å²) in [7, 11) is -3.69. The van der Waals surface area contributed by atoms with Crippen molar-refractivity contribution in [2.24, 2.45) is 0 Å². The Labute approximate surface area is 151 Å². The number of amides is 1. The molecule has 0 radical (unpaired) electrons. The minimum absolute atomic E-state index is 0.0473. The van der Waals surface area contributed by atoms with Gasteiger partial charge in [-0.15, -0.1) is 0 Å². The summed E-state index contributed by atoms with van der Waals surface area (Å²) in [6.07, 6.45) is 0. The molecule has 2 aromatic rings. The number of halogens is 1. The van der Waals surface area contributed by atoms with E-state index in [1.54, 1.807) is 17.0 Å². The number of rotatable bonds is 5. The Morgan fingerprint density at radius 1 is 0.962 bits per heavy atom. The molecule has 0 aromatic heterocycles. The topological polar surface area (TPSA) is 66.9 Å². The predicted octanol–water partition coefficient (Wildman–Crippen LogP) is 1.74. The maximum Gasteiger partial charge on any atom is 0.260 e. The van der Waals surface area contributed by atoms with Crippen molar-refractivity contribution in [2.75, 3.05) is 32.8 Å². The second-order valence-corrected chi connectivity index (χ2v) is 7.78. The zero-order chi connectivity index (χ0) is 18.6. The summed E-state index contributed by atoms with van der Waals surface area (Å²) in [6.45, 7) is 0.872. The van der Waals surface area contributed by atoms with Gasteiger partial charge in [-0.05, 0) is 36.4 Å². The lowest BCUT2D eigenvalue weighted by molar-refractivity contribution is -0.134. The third-order valence-electron chi connectivity index (χ3n) is 4.15. The third-order valence-corrected chi connectivity index (χ3v) is 6.06. The van der Waals surface area contributed by atoms with Gasteiger partial charge in [-0.2, -0.15) is 4.31 Å². The fourth-order valence-corrected chi connectivity index (χ4v) is 4.11. The van der Waals surface area contributed by atoms with Crippen LogP contribution >= 0.6 is 0 Å². The highest BCUT2D eigenvalue weighted by Crippen LogP contribution is 2.18. The minimum Gasteiger partial charge on any atom is -0.484 e. The molecule has 1 aliphatic rings. The summed E-state index contributed by atoms with van der Waals surface area (Å²) >= 11 is 0. The van der Waals surface area contributed by atoms with E-state index in [9.17, 15) is 17.6 Å². The molecule has 0 spiro atoms. The Morgan fingerprint density at radius 3 is 2.19 bits per heavy atom. The lowest BCUT2D eigenvalue weighted by Gasteiger charge is -2.33. The van der Waals surface area contributed by atoms with Gasteiger partial charge in [0, 0.05) is 26.2 Å². The van der Waals surface area contributed by atoms with Gasteiger partial charge in [0.2, 0.25) is 10.0 Å². The number of piperazine rings is 1. The molecule has 1 fully saturated rings. The molecule has 0 N–H and O–H groups in total. The predicted molar refractivity (Wildman–Crippen MR) is 93.7 cm³/mol. The molecule has 1 amide bonds. The zero-order valence-corrected chi connectivity index (χ0v) is 14.9. The molecular formula is C18H19FN2O4S. The van der Waals surface area contributed by atoms with Gasteiger partial charge >= 0.3 is 0 Å². The maximum absolute atomic E-state index is 13.0. The van der Waals surface area contributed by atoms with Gasteiger partial charge in [-0.1, -0.05) is 18.2 Å². The van der Waals surface area contributed by atoms with Gasteiger partial charge in [0.05, 0.1) is 4.90 Å². The molecule has 1 aliphatic heterocycles. The van der Waals surface area contributed by atoms with Crippen LogP contribution in [0.15, 0.2) is 59.5 Å². The fourth-order valence-electron chi connectivity index (χ4n) is 2.69. The van der Waals surface area contributed by atoms with Crippen LogP contribution in [-0.4, -0.2) is 56.3 Å². The molecule has 1 saturated heterocycles. The standard InChI is InChI=1S/C18H19FN2O4S/c19-15-6-8-17(9-7-15)26(23,24)21-12-10-20(11-13-21)18(22)14-25-16-4-2-1-3-5-16/h1-9H,10-14H2. The molecule has 0 unspecified atom stereocenters. The quantitative estimate of drug-likeness (QED) is 0.795. The van der Waals surface area contributed by atoms with Crippen LogP contribution in [-0.2, 0) is 14.8 Å². The van der Waals surface area contributed by atoms with Gasteiger partial charge in [-0.3, -0.25) is 4.79 Å². The number of ether oxygens (including phenoxy) is 1. The van der Waals surface area contributed by atoms with Crippen LogP contribution in [0.3, 0.4) is 0 Å². The van der Waals surface area contributed by atoms with Gasteiger partial charge in [0.25, 0.3) is 5.91 Å². The van der Waals surface area contributed by atoms with E-state index in [2.05, 4.69) is 0 Å². The first-order chi connectivity index (χ1) is 12.5. The normalized spacial score (nSPS) is 15.7. The van der Waals surface area contributed by atoms with Gasteiger partial charge in [0.1, 0.15) is 11.6 Å². The molecule has 8 heteroatoms. The van der Waals surface area contributed by atoms with Gasteiger partial charge in [0.15, 0.2) is 6.61 Å². The largest absolute Gasteiger partial charge is 0.484 e. The van der Waals surface area contributed by atoms with E-state index < -0.39 is 15.8 Å². The first kappa shape index (κ1) is 18.3. The number of hydrogen-bond donors (Lipinski definition) is 0. The van der Waals surface area contributed by atoms with Gasteiger partial charge in [-0.25, -0.2) is 12.8 Å². The number of benzene rings is 2. The van der Waals surface area contributed by atoms with Crippen molar-refractivity contribution >= 4 is 15.9 Å². The van der Waals surface area contributed by atoms with Crippen molar-refractivity contribution in [3.63, 3.8) is 0 Å². The highest BCUT2D eigenvalue weighted by molar-refractivity contribution is 7.89. The third kappa shape index (κ3) is 4.20. The van der Waals surface area contributed by atoms with Crippen LogP contribution in [0, 0.1) is 5.82 Å². The molecule has 138 valence electrons. The maximum atomic E-state index is 13.0. The highest BCUT2D eigenvalue weighted by Gasteiger charge is 2.30. The lowest BCUT2D eigenvalue weighted by Crippen LogP contribution is -2.51. The molecule has 1 heterocycles. The summed E-state index contributed by atoms with van der Waals surface area (Å²) < 4.78 is 44.9. The molecule has 26 heavy (non-hydrogen) atoms. The Balaban J connectivity index is 1.55. The number of nitrogens with zero attached hydrogens (tertiary/aromatic N) is 2. The summed E-state index contributed by atoms with van der Waals surface area (Å²) in [5.41, 5.74) is 0. The highest BCUT2D eigenvalue weighted by atomic mass is 32.2. The van der Waals surface area contributed by atoms with E-state index >= 15 is 0 Å². The Kier molecular flexibility index (Phi) is 5.53.